The lowest BCUT2D eigenvalue weighted by Gasteiger charge is -2.16. The molecule has 17 heavy (non-hydrogen) atoms. The van der Waals surface area contributed by atoms with E-state index in [2.05, 4.69) is 10.3 Å². The van der Waals surface area contributed by atoms with E-state index >= 15 is 0 Å². The van der Waals surface area contributed by atoms with Crippen LogP contribution < -0.4 is 5.32 Å². The summed E-state index contributed by atoms with van der Waals surface area (Å²) in [5, 5.41) is 20.0. The number of aliphatic hydroxyl groups is 1. The van der Waals surface area contributed by atoms with E-state index < -0.39 is 30.0 Å². The zero-order valence-corrected chi connectivity index (χ0v) is 8.92. The molecule has 0 aliphatic carbocycles. The highest BCUT2D eigenvalue weighted by atomic mass is 19.1. The summed E-state index contributed by atoms with van der Waals surface area (Å²) in [5.41, 5.74) is 0.0123. The lowest BCUT2D eigenvalue weighted by Crippen LogP contribution is -2.47. The average molecular weight is 242 g/mol. The summed E-state index contributed by atoms with van der Waals surface area (Å²) in [4.78, 5) is 25.5. The topological polar surface area (TPSA) is 99.5 Å². The number of pyridine rings is 1. The maximum atomic E-state index is 12.5. The summed E-state index contributed by atoms with van der Waals surface area (Å²) in [6.07, 6.45) is -0.268. The number of carboxylic acid groups (broad SMARTS) is 1. The molecule has 1 heterocycles. The van der Waals surface area contributed by atoms with Gasteiger partial charge in [0.15, 0.2) is 6.04 Å². The minimum atomic E-state index is -1.42. The molecule has 92 valence electrons. The molecular weight excluding hydrogens is 231 g/mol. The Morgan fingerprint density at radius 2 is 2.12 bits per heavy atom. The average Bonchev–Trinajstić information content (AvgIpc) is 2.25. The molecule has 0 aliphatic rings. The van der Waals surface area contributed by atoms with Crippen molar-refractivity contribution in [1.82, 2.24) is 10.3 Å². The van der Waals surface area contributed by atoms with Crippen LogP contribution in [0.3, 0.4) is 0 Å². The van der Waals surface area contributed by atoms with Crippen molar-refractivity contribution in [3.8, 4) is 0 Å². The molecule has 1 amide bonds. The highest BCUT2D eigenvalue weighted by Gasteiger charge is 2.25. The van der Waals surface area contributed by atoms with E-state index in [1.165, 1.54) is 13.0 Å². The third kappa shape index (κ3) is 3.49. The van der Waals surface area contributed by atoms with Gasteiger partial charge in [0.25, 0.3) is 5.91 Å². The van der Waals surface area contributed by atoms with Crippen molar-refractivity contribution in [3.63, 3.8) is 0 Å². The normalized spacial score (nSPS) is 13.8. The molecule has 0 spiro atoms. The Morgan fingerprint density at radius 1 is 1.47 bits per heavy atom. The highest BCUT2D eigenvalue weighted by Crippen LogP contribution is 2.01. The van der Waals surface area contributed by atoms with E-state index in [0.717, 1.165) is 12.3 Å². The minimum absolute atomic E-state index is 0.0123. The molecule has 0 aromatic carbocycles. The fourth-order valence-electron chi connectivity index (χ4n) is 1.12. The van der Waals surface area contributed by atoms with Gasteiger partial charge >= 0.3 is 5.97 Å². The maximum absolute atomic E-state index is 12.5. The van der Waals surface area contributed by atoms with Gasteiger partial charge < -0.3 is 15.5 Å². The minimum Gasteiger partial charge on any atom is -0.480 e. The molecular formula is C10H11FN2O4. The Morgan fingerprint density at radius 3 is 2.53 bits per heavy atom. The zero-order chi connectivity index (χ0) is 13.0. The Labute approximate surface area is 96.1 Å². The van der Waals surface area contributed by atoms with Crippen LogP contribution >= 0.6 is 0 Å². The molecule has 0 bridgehead atoms. The summed E-state index contributed by atoms with van der Waals surface area (Å²) < 4.78 is 12.5. The number of rotatable bonds is 4. The first-order valence-electron chi connectivity index (χ1n) is 4.75. The van der Waals surface area contributed by atoms with Crippen LogP contribution in [0.5, 0.6) is 0 Å². The van der Waals surface area contributed by atoms with Gasteiger partial charge in [-0.1, -0.05) is 0 Å². The van der Waals surface area contributed by atoms with Crippen LogP contribution in [-0.2, 0) is 4.79 Å². The summed E-state index contributed by atoms with van der Waals surface area (Å²) in [7, 11) is 0. The van der Waals surface area contributed by atoms with Crippen molar-refractivity contribution in [3.05, 3.63) is 29.8 Å². The lowest BCUT2D eigenvalue weighted by atomic mass is 10.1. The first-order chi connectivity index (χ1) is 7.91. The molecule has 1 aromatic rings. The maximum Gasteiger partial charge on any atom is 0.328 e. The molecule has 1 rings (SSSR count). The van der Waals surface area contributed by atoms with Crippen molar-refractivity contribution in [2.75, 3.05) is 0 Å². The number of hydrogen-bond acceptors (Lipinski definition) is 4. The molecule has 0 saturated carbocycles. The van der Waals surface area contributed by atoms with Crippen LogP contribution in [0, 0.1) is 5.95 Å². The zero-order valence-electron chi connectivity index (χ0n) is 8.92. The number of carbonyl (C=O) groups excluding carboxylic acids is 1. The Hall–Kier alpha value is -2.02. The van der Waals surface area contributed by atoms with Crippen LogP contribution in [0.2, 0.25) is 0 Å². The summed E-state index contributed by atoms with van der Waals surface area (Å²) in [5.74, 6) is -2.85. The predicted molar refractivity (Wildman–Crippen MR) is 54.8 cm³/mol. The van der Waals surface area contributed by atoms with E-state index in [1.54, 1.807) is 0 Å². The molecule has 2 unspecified atom stereocenters. The van der Waals surface area contributed by atoms with Gasteiger partial charge in [-0.2, -0.15) is 4.39 Å². The third-order valence-corrected chi connectivity index (χ3v) is 2.02. The smallest absolute Gasteiger partial charge is 0.328 e. The van der Waals surface area contributed by atoms with E-state index in [4.69, 9.17) is 10.2 Å². The third-order valence-electron chi connectivity index (χ3n) is 2.02. The highest BCUT2D eigenvalue weighted by molar-refractivity contribution is 5.96. The van der Waals surface area contributed by atoms with Gasteiger partial charge in [0.1, 0.15) is 0 Å². The van der Waals surface area contributed by atoms with Gasteiger partial charge in [0, 0.05) is 6.20 Å². The van der Waals surface area contributed by atoms with Crippen LogP contribution in [0.15, 0.2) is 18.3 Å². The number of aliphatic carboxylic acids is 1. The van der Waals surface area contributed by atoms with Crippen molar-refractivity contribution < 1.29 is 24.2 Å². The molecule has 3 N–H and O–H groups in total. The second kappa shape index (κ2) is 5.35. The first kappa shape index (κ1) is 13.0. The van der Waals surface area contributed by atoms with E-state index in [0.29, 0.717) is 0 Å². The number of aliphatic hydroxyl groups excluding tert-OH is 1. The summed E-state index contributed by atoms with van der Waals surface area (Å²) in [6, 6.07) is 0.721. The molecule has 0 aliphatic heterocycles. The van der Waals surface area contributed by atoms with Crippen LogP contribution in [0.1, 0.15) is 17.3 Å². The van der Waals surface area contributed by atoms with Crippen molar-refractivity contribution >= 4 is 11.9 Å². The monoisotopic (exact) mass is 242 g/mol. The molecule has 0 saturated heterocycles. The van der Waals surface area contributed by atoms with Gasteiger partial charge in [-0.05, 0) is 19.1 Å². The number of carbonyl (C=O) groups is 2. The van der Waals surface area contributed by atoms with Crippen molar-refractivity contribution in [2.45, 2.75) is 19.1 Å². The fraction of sp³-hybridized carbons (Fsp3) is 0.300. The van der Waals surface area contributed by atoms with E-state index in [-0.39, 0.29) is 5.56 Å². The number of nitrogens with zero attached hydrogens (tertiary/aromatic N) is 1. The quantitative estimate of drug-likeness (QED) is 0.634. The SMILES string of the molecule is CC(O)C(NC(=O)c1ccc(F)nc1)C(=O)O. The second-order valence-corrected chi connectivity index (χ2v) is 3.40. The Kier molecular flexibility index (Phi) is 4.11. The lowest BCUT2D eigenvalue weighted by molar-refractivity contribution is -0.141. The largest absolute Gasteiger partial charge is 0.480 e. The number of aromatic nitrogens is 1. The van der Waals surface area contributed by atoms with Crippen molar-refractivity contribution in [2.24, 2.45) is 0 Å². The molecule has 6 nitrogen and oxygen atoms in total. The number of amides is 1. The first-order valence-corrected chi connectivity index (χ1v) is 4.75. The van der Waals surface area contributed by atoms with Gasteiger partial charge in [0.2, 0.25) is 5.95 Å². The van der Waals surface area contributed by atoms with Gasteiger partial charge in [-0.3, -0.25) is 4.79 Å². The van der Waals surface area contributed by atoms with E-state index in [1.807, 2.05) is 0 Å². The molecule has 2 atom stereocenters. The standard InChI is InChI=1S/C10H11FN2O4/c1-5(14)8(10(16)17)13-9(15)6-2-3-7(11)12-4-6/h2-5,8,14H,1H3,(H,13,15)(H,16,17). The fourth-order valence-corrected chi connectivity index (χ4v) is 1.12. The van der Waals surface area contributed by atoms with Gasteiger partial charge in [0.05, 0.1) is 11.7 Å². The van der Waals surface area contributed by atoms with Crippen LogP contribution in [-0.4, -0.2) is 39.2 Å². The molecule has 7 heteroatoms. The Balaban J connectivity index is 2.77. The van der Waals surface area contributed by atoms with Crippen LogP contribution in [0.25, 0.3) is 0 Å². The summed E-state index contributed by atoms with van der Waals surface area (Å²) in [6.45, 7) is 1.24. The van der Waals surface area contributed by atoms with Gasteiger partial charge in [-0.15, -0.1) is 0 Å². The van der Waals surface area contributed by atoms with Gasteiger partial charge in [-0.25, -0.2) is 9.78 Å². The molecule has 0 radical (unpaired) electrons. The number of halogens is 1. The Bertz CT molecular complexity index is 419. The molecule has 0 fully saturated rings. The number of nitrogens with one attached hydrogen (secondary N) is 1. The number of carboxylic acids is 1. The molecule has 1 aromatic heterocycles. The number of hydrogen-bond donors (Lipinski definition) is 3. The second-order valence-electron chi connectivity index (χ2n) is 3.40. The van der Waals surface area contributed by atoms with Crippen LogP contribution in [0.4, 0.5) is 4.39 Å². The van der Waals surface area contributed by atoms with Crippen molar-refractivity contribution in [1.29, 1.82) is 0 Å². The summed E-state index contributed by atoms with van der Waals surface area (Å²) >= 11 is 0. The predicted octanol–water partition coefficient (Wildman–Crippen LogP) is -0.216. The van der Waals surface area contributed by atoms with E-state index in [9.17, 15) is 14.0 Å².